The molecule has 0 aromatic heterocycles. The third-order valence-corrected chi connectivity index (χ3v) is 6.86. The van der Waals surface area contributed by atoms with Gasteiger partial charge in [0.2, 0.25) is 0 Å². The van der Waals surface area contributed by atoms with Crippen LogP contribution in [0.4, 0.5) is 4.79 Å². The number of hydroxylamine groups is 2. The second kappa shape index (κ2) is 9.18. The molecule has 1 saturated heterocycles. The topological polar surface area (TPSA) is 102 Å². The quantitative estimate of drug-likeness (QED) is 0.508. The molecule has 1 atom stereocenters. The predicted molar refractivity (Wildman–Crippen MR) is 129 cm³/mol. The van der Waals surface area contributed by atoms with Gasteiger partial charge in [-0.3, -0.25) is 9.59 Å². The smallest absolute Gasteiger partial charge is 0.409 e. The SMILES string of the molecule is O=C(ON1C(=O)c2ccccc2C1=O)C1CN(C(=O)OCC2c3ccccc3-c3ccccc32)CCO1. The first-order chi connectivity index (χ1) is 18.0. The van der Waals surface area contributed by atoms with Crippen LogP contribution in [0.3, 0.4) is 0 Å². The minimum Gasteiger partial charge on any atom is -0.448 e. The van der Waals surface area contributed by atoms with Crippen molar-refractivity contribution in [1.29, 1.82) is 0 Å². The first kappa shape index (κ1) is 22.9. The number of nitrogens with zero attached hydrogens (tertiary/aromatic N) is 2. The Balaban J connectivity index is 1.09. The maximum Gasteiger partial charge on any atom is 0.409 e. The highest BCUT2D eigenvalue weighted by molar-refractivity contribution is 6.20. The van der Waals surface area contributed by atoms with Crippen LogP contribution in [-0.4, -0.2) is 66.2 Å². The molecule has 3 aromatic carbocycles. The molecule has 9 heteroatoms. The molecule has 186 valence electrons. The van der Waals surface area contributed by atoms with Gasteiger partial charge in [0.15, 0.2) is 6.10 Å². The fourth-order valence-corrected chi connectivity index (χ4v) is 5.04. The molecule has 3 aliphatic rings. The van der Waals surface area contributed by atoms with Gasteiger partial charge in [0.05, 0.1) is 24.3 Å². The molecule has 9 nitrogen and oxygen atoms in total. The number of hydrogen-bond acceptors (Lipinski definition) is 7. The molecule has 0 bridgehead atoms. The summed E-state index contributed by atoms with van der Waals surface area (Å²) in [6, 6.07) is 22.3. The van der Waals surface area contributed by atoms with Crippen LogP contribution >= 0.6 is 0 Å². The zero-order valence-electron chi connectivity index (χ0n) is 19.7. The lowest BCUT2D eigenvalue weighted by atomic mass is 9.98. The largest absolute Gasteiger partial charge is 0.448 e. The van der Waals surface area contributed by atoms with Gasteiger partial charge in [-0.25, -0.2) is 9.59 Å². The number of morpholine rings is 1. The number of fused-ring (bicyclic) bond motifs is 4. The van der Waals surface area contributed by atoms with Gasteiger partial charge >= 0.3 is 12.1 Å². The van der Waals surface area contributed by atoms with E-state index < -0.39 is 30.0 Å². The van der Waals surface area contributed by atoms with Gasteiger partial charge in [-0.15, -0.1) is 0 Å². The standard InChI is InChI=1S/C28H22N2O7/c31-25-21-11-5-6-12-22(21)26(32)30(25)37-27(33)24-15-29(13-14-35-24)28(34)36-16-23-19-9-3-1-7-17(19)18-8-2-4-10-20(18)23/h1-12,23-24H,13-16H2. The molecule has 2 heterocycles. The summed E-state index contributed by atoms with van der Waals surface area (Å²) in [5, 5.41) is 0.433. The third kappa shape index (κ3) is 3.93. The second-order valence-corrected chi connectivity index (χ2v) is 8.97. The molecule has 1 fully saturated rings. The number of amides is 3. The van der Waals surface area contributed by atoms with Crippen LogP contribution in [0.2, 0.25) is 0 Å². The van der Waals surface area contributed by atoms with Crippen LogP contribution in [0.15, 0.2) is 72.8 Å². The van der Waals surface area contributed by atoms with Crippen LogP contribution in [0.1, 0.15) is 37.8 Å². The number of imide groups is 1. The van der Waals surface area contributed by atoms with Crippen LogP contribution < -0.4 is 0 Å². The summed E-state index contributed by atoms with van der Waals surface area (Å²) in [4.78, 5) is 57.1. The monoisotopic (exact) mass is 498 g/mol. The molecule has 0 spiro atoms. The van der Waals surface area contributed by atoms with E-state index in [4.69, 9.17) is 14.3 Å². The fraction of sp³-hybridized carbons (Fsp3) is 0.214. The second-order valence-electron chi connectivity index (χ2n) is 8.97. The average Bonchev–Trinajstić information content (AvgIpc) is 3.39. The van der Waals surface area contributed by atoms with Crippen molar-refractivity contribution in [3.05, 3.63) is 95.1 Å². The highest BCUT2D eigenvalue weighted by Crippen LogP contribution is 2.44. The zero-order valence-corrected chi connectivity index (χ0v) is 19.7. The zero-order chi connectivity index (χ0) is 25.5. The maximum absolute atomic E-state index is 12.9. The highest BCUT2D eigenvalue weighted by atomic mass is 16.7. The lowest BCUT2D eigenvalue weighted by Crippen LogP contribution is -2.50. The predicted octanol–water partition coefficient (Wildman–Crippen LogP) is 3.39. The number of rotatable bonds is 4. The van der Waals surface area contributed by atoms with Gasteiger partial charge in [-0.2, -0.15) is 0 Å². The van der Waals surface area contributed by atoms with E-state index in [1.54, 1.807) is 12.1 Å². The Morgan fingerprint density at radius 3 is 1.95 bits per heavy atom. The number of benzene rings is 3. The van der Waals surface area contributed by atoms with Crippen LogP contribution in [-0.2, 0) is 19.1 Å². The van der Waals surface area contributed by atoms with Gasteiger partial charge in [-0.05, 0) is 34.4 Å². The highest BCUT2D eigenvalue weighted by Gasteiger charge is 2.41. The van der Waals surface area contributed by atoms with Crippen LogP contribution in [0, 0.1) is 0 Å². The number of carbonyl (C=O) groups is 4. The molecule has 37 heavy (non-hydrogen) atoms. The van der Waals surface area contributed by atoms with E-state index in [2.05, 4.69) is 12.1 Å². The van der Waals surface area contributed by atoms with Crippen LogP contribution in [0.25, 0.3) is 11.1 Å². The molecule has 3 amide bonds. The Morgan fingerprint density at radius 1 is 0.811 bits per heavy atom. The summed E-state index contributed by atoms with van der Waals surface area (Å²) in [6.45, 7) is 0.326. The molecule has 1 aliphatic carbocycles. The summed E-state index contributed by atoms with van der Waals surface area (Å²) in [6.07, 6.45) is -1.75. The minimum absolute atomic E-state index is 0.0755. The van der Waals surface area contributed by atoms with E-state index in [1.807, 2.05) is 36.4 Å². The molecule has 0 radical (unpaired) electrons. The third-order valence-electron chi connectivity index (χ3n) is 6.86. The lowest BCUT2D eigenvalue weighted by Gasteiger charge is -2.31. The molecular formula is C28H22N2O7. The Bertz CT molecular complexity index is 1350. The van der Waals surface area contributed by atoms with Crippen molar-refractivity contribution in [2.24, 2.45) is 0 Å². The van der Waals surface area contributed by atoms with Crippen molar-refractivity contribution in [3.8, 4) is 11.1 Å². The summed E-state index contributed by atoms with van der Waals surface area (Å²) >= 11 is 0. The Kier molecular flexibility index (Phi) is 5.69. The molecule has 0 saturated carbocycles. The van der Waals surface area contributed by atoms with Gasteiger partial charge in [-0.1, -0.05) is 65.7 Å². The first-order valence-electron chi connectivity index (χ1n) is 11.9. The molecular weight excluding hydrogens is 476 g/mol. The summed E-state index contributed by atoms with van der Waals surface area (Å²) in [5.41, 5.74) is 4.76. The van der Waals surface area contributed by atoms with E-state index in [1.165, 1.54) is 17.0 Å². The number of ether oxygens (including phenoxy) is 2. The molecule has 2 aliphatic heterocycles. The first-order valence-corrected chi connectivity index (χ1v) is 11.9. The van der Waals surface area contributed by atoms with Crippen molar-refractivity contribution in [2.45, 2.75) is 12.0 Å². The lowest BCUT2D eigenvalue weighted by molar-refractivity contribution is -0.185. The normalized spacial score (nSPS) is 18.3. The van der Waals surface area contributed by atoms with Gasteiger partial charge in [0, 0.05) is 12.5 Å². The Morgan fingerprint density at radius 2 is 1.35 bits per heavy atom. The number of carbonyl (C=O) groups excluding carboxylic acids is 4. The van der Waals surface area contributed by atoms with Crippen molar-refractivity contribution in [2.75, 3.05) is 26.3 Å². The minimum atomic E-state index is -1.17. The van der Waals surface area contributed by atoms with E-state index in [9.17, 15) is 19.2 Å². The molecule has 3 aromatic rings. The molecule has 6 rings (SSSR count). The van der Waals surface area contributed by atoms with E-state index >= 15 is 0 Å². The summed E-state index contributed by atoms with van der Waals surface area (Å²) < 4.78 is 11.2. The fourth-order valence-electron chi connectivity index (χ4n) is 5.04. The maximum atomic E-state index is 12.9. The van der Waals surface area contributed by atoms with Crippen molar-refractivity contribution in [3.63, 3.8) is 0 Å². The number of hydrogen-bond donors (Lipinski definition) is 0. The van der Waals surface area contributed by atoms with Gasteiger partial charge in [0.25, 0.3) is 11.8 Å². The van der Waals surface area contributed by atoms with Gasteiger partial charge < -0.3 is 19.2 Å². The van der Waals surface area contributed by atoms with Crippen molar-refractivity contribution < 1.29 is 33.5 Å². The average molecular weight is 498 g/mol. The van der Waals surface area contributed by atoms with Crippen molar-refractivity contribution >= 4 is 23.9 Å². The Hall–Kier alpha value is -4.50. The van der Waals surface area contributed by atoms with Crippen LogP contribution in [0.5, 0.6) is 0 Å². The van der Waals surface area contributed by atoms with E-state index in [-0.39, 0.29) is 43.3 Å². The van der Waals surface area contributed by atoms with E-state index in [0.29, 0.717) is 5.06 Å². The summed E-state index contributed by atoms with van der Waals surface area (Å²) in [5.74, 6) is -2.48. The summed E-state index contributed by atoms with van der Waals surface area (Å²) in [7, 11) is 0. The Labute approximate surface area is 212 Å². The van der Waals surface area contributed by atoms with Crippen molar-refractivity contribution in [1.82, 2.24) is 9.96 Å². The molecule has 1 unspecified atom stereocenters. The molecule has 0 N–H and O–H groups in total. The van der Waals surface area contributed by atoms with Gasteiger partial charge in [0.1, 0.15) is 6.61 Å². The van der Waals surface area contributed by atoms with E-state index in [0.717, 1.165) is 22.3 Å².